The Bertz CT molecular complexity index is 910. The average Bonchev–Trinajstić information content (AvgIpc) is 2.50. The fourth-order valence-corrected chi connectivity index (χ4v) is 2.54. The number of hydrogen-bond donors (Lipinski definition) is 4. The molecule has 0 unspecified atom stereocenters. The molecule has 8 heteroatoms. The van der Waals surface area contributed by atoms with Crippen molar-refractivity contribution in [1.82, 2.24) is 0 Å². The molecule has 1 aromatic heterocycles. The van der Waals surface area contributed by atoms with E-state index in [1.807, 2.05) is 0 Å². The molecular weight excluding hydrogens is 323 g/mol. The highest BCUT2D eigenvalue weighted by Gasteiger charge is 2.38. The normalized spacial score (nSPS) is 11.6. The minimum absolute atomic E-state index is 0.00711. The molecule has 0 aliphatic heterocycles. The topological polar surface area (TPSA) is 120 Å². The maximum absolute atomic E-state index is 12.5. The second-order valence-electron chi connectivity index (χ2n) is 4.74. The van der Waals surface area contributed by atoms with Crippen molar-refractivity contribution in [2.45, 2.75) is 0 Å². The van der Waals surface area contributed by atoms with E-state index >= 15 is 0 Å². The molecule has 0 radical (unpaired) electrons. The summed E-state index contributed by atoms with van der Waals surface area (Å²) in [5.74, 6) is -0.599. The predicted octanol–water partition coefficient (Wildman–Crippen LogP) is 2.20. The van der Waals surface area contributed by atoms with Gasteiger partial charge in [0.15, 0.2) is 5.76 Å². The van der Waals surface area contributed by atoms with Gasteiger partial charge in [-0.25, -0.2) is 0 Å². The number of para-hydroxylation sites is 1. The van der Waals surface area contributed by atoms with Crippen LogP contribution in [-0.2, 0) is 0 Å². The van der Waals surface area contributed by atoms with Crippen molar-refractivity contribution in [3.05, 3.63) is 58.8 Å². The van der Waals surface area contributed by atoms with Crippen molar-refractivity contribution < 1.29 is 28.7 Å². The molecule has 0 fully saturated rings. The van der Waals surface area contributed by atoms with Crippen molar-refractivity contribution in [3.8, 4) is 22.8 Å². The van der Waals surface area contributed by atoms with E-state index in [0.717, 1.165) is 0 Å². The van der Waals surface area contributed by atoms with Crippen molar-refractivity contribution in [2.75, 3.05) is 0 Å². The second kappa shape index (κ2) is 5.64. The van der Waals surface area contributed by atoms with E-state index in [-0.39, 0.29) is 22.5 Å². The number of phenols is 1. The van der Waals surface area contributed by atoms with Crippen LogP contribution in [0.4, 0.5) is 0 Å². The third-order valence-electron chi connectivity index (χ3n) is 3.10. The van der Waals surface area contributed by atoms with Gasteiger partial charge in [0.2, 0.25) is 5.43 Å². The summed E-state index contributed by atoms with van der Waals surface area (Å²) in [6, 6.07) is 12.0. The van der Waals surface area contributed by atoms with Gasteiger partial charge in [-0.15, -0.1) is 0 Å². The monoisotopic (exact) mass is 335 g/mol. The number of hydrogen-bond acceptors (Lipinski definition) is 7. The lowest BCUT2D eigenvalue weighted by Crippen LogP contribution is -2.11. The Balaban J connectivity index is 2.31. The number of aromatic hydroxyl groups is 1. The largest absolute Gasteiger partial charge is 0.614 e. The summed E-state index contributed by atoms with van der Waals surface area (Å²) in [5, 5.41) is 9.51. The van der Waals surface area contributed by atoms with Crippen LogP contribution >= 0.6 is 8.17 Å². The van der Waals surface area contributed by atoms with Gasteiger partial charge in [0.1, 0.15) is 11.3 Å². The molecule has 23 heavy (non-hydrogen) atoms. The lowest BCUT2D eigenvalue weighted by Gasteiger charge is -2.09. The minimum atomic E-state index is -4.71. The van der Waals surface area contributed by atoms with Gasteiger partial charge in [0.25, 0.3) is 5.75 Å². The Morgan fingerprint density at radius 3 is 2.26 bits per heavy atom. The van der Waals surface area contributed by atoms with Crippen LogP contribution in [-0.4, -0.2) is 19.8 Å². The third-order valence-corrected chi connectivity index (χ3v) is 3.53. The van der Waals surface area contributed by atoms with E-state index in [1.54, 1.807) is 18.2 Å². The summed E-state index contributed by atoms with van der Waals surface area (Å²) in [6.45, 7) is 0. The van der Waals surface area contributed by atoms with Crippen LogP contribution in [0.1, 0.15) is 0 Å². The van der Waals surface area contributed by atoms with E-state index in [4.69, 9.17) is 19.1 Å². The number of fused-ring (bicyclic) bond motifs is 1. The molecule has 3 rings (SSSR count). The summed E-state index contributed by atoms with van der Waals surface area (Å²) in [5.41, 5.74) is -0.0313. The molecule has 118 valence electrons. The Hall–Kier alpha value is -2.44. The van der Waals surface area contributed by atoms with Gasteiger partial charge in [0, 0.05) is 5.56 Å². The lowest BCUT2D eigenvalue weighted by atomic mass is 10.1. The van der Waals surface area contributed by atoms with Gasteiger partial charge >= 0.3 is 8.17 Å². The van der Waals surface area contributed by atoms with E-state index in [1.165, 1.54) is 30.3 Å². The zero-order valence-electron chi connectivity index (χ0n) is 11.6. The molecule has 4 N–H and O–H groups in total. The SMILES string of the molecule is O=c1c(O[P+](O)(O)O)c(-c2ccc(O)cc2)oc2ccccc12. The number of phenolic OH excluding ortho intramolecular Hbond substituents is 1. The first-order valence-corrected chi connectivity index (χ1v) is 8.04. The van der Waals surface area contributed by atoms with Crippen molar-refractivity contribution in [3.63, 3.8) is 0 Å². The molecule has 0 aliphatic carbocycles. The number of rotatable bonds is 3. The predicted molar refractivity (Wildman–Crippen MR) is 83.8 cm³/mol. The first-order chi connectivity index (χ1) is 10.8. The van der Waals surface area contributed by atoms with E-state index < -0.39 is 19.3 Å². The second-order valence-corrected chi connectivity index (χ2v) is 5.95. The van der Waals surface area contributed by atoms with Crippen LogP contribution in [0.5, 0.6) is 11.5 Å². The van der Waals surface area contributed by atoms with E-state index in [2.05, 4.69) is 4.52 Å². The Kier molecular flexibility index (Phi) is 3.79. The fourth-order valence-electron chi connectivity index (χ4n) is 2.13. The molecule has 7 nitrogen and oxygen atoms in total. The Morgan fingerprint density at radius 2 is 1.61 bits per heavy atom. The zero-order chi connectivity index (χ0) is 16.6. The van der Waals surface area contributed by atoms with Gasteiger partial charge in [-0.1, -0.05) is 12.1 Å². The Labute approximate surface area is 130 Å². The molecule has 0 atom stereocenters. The zero-order valence-corrected chi connectivity index (χ0v) is 12.5. The summed E-state index contributed by atoms with van der Waals surface area (Å²) in [4.78, 5) is 40.0. The number of benzene rings is 2. The molecule has 0 spiro atoms. The minimum Gasteiger partial charge on any atom is -0.508 e. The molecular formula is C15H12O7P+. The summed E-state index contributed by atoms with van der Waals surface area (Å²) >= 11 is 0. The van der Waals surface area contributed by atoms with Crippen LogP contribution < -0.4 is 9.95 Å². The molecule has 0 bridgehead atoms. The van der Waals surface area contributed by atoms with E-state index in [0.29, 0.717) is 5.56 Å². The smallest absolute Gasteiger partial charge is 0.508 e. The molecule has 2 aromatic carbocycles. The maximum atomic E-state index is 12.5. The van der Waals surface area contributed by atoms with Crippen molar-refractivity contribution in [1.29, 1.82) is 0 Å². The fraction of sp³-hybridized carbons (Fsp3) is 0. The van der Waals surface area contributed by atoms with Crippen LogP contribution in [0.3, 0.4) is 0 Å². The Morgan fingerprint density at radius 1 is 0.957 bits per heavy atom. The molecule has 0 saturated carbocycles. The molecule has 0 aliphatic rings. The van der Waals surface area contributed by atoms with Crippen molar-refractivity contribution >= 4 is 19.1 Å². The van der Waals surface area contributed by atoms with Crippen LogP contribution in [0.2, 0.25) is 0 Å². The summed E-state index contributed by atoms with van der Waals surface area (Å²) in [6.07, 6.45) is 0. The van der Waals surface area contributed by atoms with Crippen LogP contribution in [0.25, 0.3) is 22.3 Å². The third kappa shape index (κ3) is 3.18. The lowest BCUT2D eigenvalue weighted by molar-refractivity contribution is 0.236. The van der Waals surface area contributed by atoms with Gasteiger partial charge in [-0.3, -0.25) is 9.32 Å². The molecule has 3 aromatic rings. The highest BCUT2D eigenvalue weighted by Crippen LogP contribution is 2.48. The van der Waals surface area contributed by atoms with Gasteiger partial charge in [-0.05, 0) is 36.4 Å². The van der Waals surface area contributed by atoms with Crippen LogP contribution in [0, 0.1) is 0 Å². The molecule has 0 amide bonds. The van der Waals surface area contributed by atoms with Gasteiger partial charge in [-0.2, -0.15) is 14.7 Å². The van der Waals surface area contributed by atoms with Crippen molar-refractivity contribution in [2.24, 2.45) is 0 Å². The van der Waals surface area contributed by atoms with E-state index in [9.17, 15) is 9.90 Å². The highest BCUT2D eigenvalue weighted by molar-refractivity contribution is 7.53. The first-order valence-electron chi connectivity index (χ1n) is 6.47. The first kappa shape index (κ1) is 15.5. The molecule has 1 heterocycles. The standard InChI is InChI=1S/C15H11O7P/c16-10-7-5-9(6-8-10)14-15(22-23(18,19)20)13(17)11-3-1-2-4-12(11)21-14/h1-8,18-20H/p+1. The average molecular weight is 335 g/mol. The highest BCUT2D eigenvalue weighted by atomic mass is 31.2. The maximum Gasteiger partial charge on any atom is 0.614 e. The van der Waals surface area contributed by atoms with Gasteiger partial charge < -0.3 is 9.52 Å². The summed E-state index contributed by atoms with van der Waals surface area (Å²) in [7, 11) is -4.71. The van der Waals surface area contributed by atoms with Crippen LogP contribution in [0.15, 0.2) is 57.7 Å². The summed E-state index contributed by atoms with van der Waals surface area (Å²) < 4.78 is 10.3. The van der Waals surface area contributed by atoms with Gasteiger partial charge in [0.05, 0.1) is 5.39 Å². The quantitative estimate of drug-likeness (QED) is 0.542. The molecule has 0 saturated heterocycles.